The second-order valence-electron chi connectivity index (χ2n) is 3.47. The number of ether oxygens (including phenoxy) is 1. The summed E-state index contributed by atoms with van der Waals surface area (Å²) in [5.74, 6) is -2.09. The summed E-state index contributed by atoms with van der Waals surface area (Å²) >= 11 is 0. The molecule has 92 valence electrons. The number of unbranched alkanes of at least 4 members (excludes halogenated alkanes) is 1. The van der Waals surface area contributed by atoms with Crippen LogP contribution in [0, 0.1) is 0 Å². The molecule has 0 rings (SSSR count). The van der Waals surface area contributed by atoms with Crippen molar-refractivity contribution in [3.05, 3.63) is 0 Å². The molecule has 3 N–H and O–H groups in total. The highest BCUT2D eigenvalue weighted by Gasteiger charge is 2.10. The molecule has 6 heteroatoms. The predicted molar refractivity (Wildman–Crippen MR) is 56.0 cm³/mol. The van der Waals surface area contributed by atoms with Gasteiger partial charge in [0.05, 0.1) is 0 Å². The van der Waals surface area contributed by atoms with Crippen molar-refractivity contribution in [2.24, 2.45) is 5.73 Å². The van der Waals surface area contributed by atoms with Crippen molar-refractivity contribution >= 4 is 17.5 Å². The second kappa shape index (κ2) is 7.95. The number of ketones is 2. The molecule has 0 bridgehead atoms. The topological polar surface area (TPSA) is 107 Å². The van der Waals surface area contributed by atoms with Gasteiger partial charge in [0.25, 0.3) is 0 Å². The number of carbonyl (C=O) groups is 3. The minimum Gasteiger partial charge on any atom is -0.480 e. The lowest BCUT2D eigenvalue weighted by molar-refractivity contribution is -0.138. The minimum atomic E-state index is -1.02. The third-order valence-electron chi connectivity index (χ3n) is 2.00. The highest BCUT2D eigenvalue weighted by Crippen LogP contribution is 1.99. The van der Waals surface area contributed by atoms with Crippen molar-refractivity contribution in [1.82, 2.24) is 0 Å². The Morgan fingerprint density at radius 2 is 1.94 bits per heavy atom. The van der Waals surface area contributed by atoms with Gasteiger partial charge >= 0.3 is 5.97 Å². The van der Waals surface area contributed by atoms with Gasteiger partial charge in [-0.05, 0) is 19.3 Å². The molecule has 0 heterocycles. The molecular formula is C10H17NO5. The van der Waals surface area contributed by atoms with Crippen LogP contribution in [0.4, 0.5) is 0 Å². The molecule has 0 amide bonds. The lowest BCUT2D eigenvalue weighted by Gasteiger charge is -2.05. The zero-order chi connectivity index (χ0) is 12.6. The Bertz CT molecular complexity index is 264. The lowest BCUT2D eigenvalue weighted by atomic mass is 10.1. The first-order valence-electron chi connectivity index (χ1n) is 5.05. The van der Waals surface area contributed by atoms with E-state index in [0.717, 1.165) is 0 Å². The number of carbonyl (C=O) groups excluding carboxylic acids is 2. The molecule has 0 saturated carbocycles. The van der Waals surface area contributed by atoms with E-state index in [0.29, 0.717) is 25.9 Å². The summed E-state index contributed by atoms with van der Waals surface area (Å²) in [6.07, 6.45) is 1.60. The number of nitrogens with two attached hydrogens (primary N) is 1. The maximum atomic E-state index is 10.8. The van der Waals surface area contributed by atoms with Crippen LogP contribution in [0.2, 0.25) is 0 Å². The van der Waals surface area contributed by atoms with E-state index in [9.17, 15) is 14.4 Å². The highest BCUT2D eigenvalue weighted by molar-refractivity contribution is 6.36. The van der Waals surface area contributed by atoms with Crippen LogP contribution in [0.25, 0.3) is 0 Å². The van der Waals surface area contributed by atoms with E-state index in [1.165, 1.54) is 6.92 Å². The van der Waals surface area contributed by atoms with Crippen molar-refractivity contribution in [3.63, 3.8) is 0 Å². The van der Waals surface area contributed by atoms with Crippen LogP contribution in [-0.2, 0) is 19.1 Å². The van der Waals surface area contributed by atoms with Gasteiger partial charge in [0.1, 0.15) is 12.6 Å². The Balaban J connectivity index is 3.38. The summed E-state index contributed by atoms with van der Waals surface area (Å²) in [6.45, 7) is 1.31. The molecular weight excluding hydrogens is 214 g/mol. The van der Waals surface area contributed by atoms with E-state index in [-0.39, 0.29) is 6.61 Å². The zero-order valence-corrected chi connectivity index (χ0v) is 9.27. The van der Waals surface area contributed by atoms with E-state index in [4.69, 9.17) is 15.6 Å². The Morgan fingerprint density at radius 3 is 2.44 bits per heavy atom. The standard InChI is InChI=1S/C10H17NO5/c1-7(12)9(13)6-16-5-3-2-4-8(11)10(14)15/h8H,2-6,11H2,1H3,(H,14,15). The summed E-state index contributed by atoms with van der Waals surface area (Å²) in [6, 6.07) is -0.848. The normalized spacial score (nSPS) is 12.1. The quantitative estimate of drug-likeness (QED) is 0.418. The first kappa shape index (κ1) is 14.7. The number of carboxylic acid groups (broad SMARTS) is 1. The monoisotopic (exact) mass is 231 g/mol. The minimum absolute atomic E-state index is 0.208. The van der Waals surface area contributed by atoms with Gasteiger partial charge in [-0.2, -0.15) is 0 Å². The van der Waals surface area contributed by atoms with E-state index < -0.39 is 23.6 Å². The molecule has 1 atom stereocenters. The van der Waals surface area contributed by atoms with Gasteiger partial charge in [-0.1, -0.05) is 0 Å². The number of carboxylic acids is 1. The second-order valence-corrected chi connectivity index (χ2v) is 3.47. The fourth-order valence-corrected chi connectivity index (χ4v) is 0.958. The van der Waals surface area contributed by atoms with Crippen LogP contribution in [0.15, 0.2) is 0 Å². The number of aliphatic carboxylic acids is 1. The summed E-state index contributed by atoms with van der Waals surface area (Å²) in [5, 5.41) is 8.48. The van der Waals surface area contributed by atoms with Crippen LogP contribution >= 0.6 is 0 Å². The van der Waals surface area contributed by atoms with E-state index in [2.05, 4.69) is 0 Å². The number of hydrogen-bond donors (Lipinski definition) is 2. The van der Waals surface area contributed by atoms with Crippen molar-refractivity contribution in [2.75, 3.05) is 13.2 Å². The summed E-state index contributed by atoms with van der Waals surface area (Å²) < 4.78 is 4.94. The smallest absolute Gasteiger partial charge is 0.320 e. The molecule has 16 heavy (non-hydrogen) atoms. The molecule has 0 aromatic carbocycles. The summed E-state index contributed by atoms with van der Waals surface area (Å²) in [4.78, 5) is 31.7. The van der Waals surface area contributed by atoms with Gasteiger partial charge in [0, 0.05) is 13.5 Å². The van der Waals surface area contributed by atoms with Gasteiger partial charge in [-0.25, -0.2) is 0 Å². The molecule has 1 unspecified atom stereocenters. The van der Waals surface area contributed by atoms with Crippen molar-refractivity contribution in [1.29, 1.82) is 0 Å². The summed E-state index contributed by atoms with van der Waals surface area (Å²) in [5.41, 5.74) is 5.28. The average Bonchev–Trinajstić information content (AvgIpc) is 2.21. The van der Waals surface area contributed by atoms with Gasteiger partial charge < -0.3 is 15.6 Å². The van der Waals surface area contributed by atoms with Crippen molar-refractivity contribution < 1.29 is 24.2 Å². The van der Waals surface area contributed by atoms with Crippen LogP contribution in [0.3, 0.4) is 0 Å². The Hall–Kier alpha value is -1.27. The van der Waals surface area contributed by atoms with Crippen LogP contribution < -0.4 is 5.73 Å². The van der Waals surface area contributed by atoms with Crippen LogP contribution in [-0.4, -0.2) is 41.9 Å². The maximum absolute atomic E-state index is 10.8. The highest BCUT2D eigenvalue weighted by atomic mass is 16.5. The molecule has 0 fully saturated rings. The van der Waals surface area contributed by atoms with Gasteiger partial charge in [0.2, 0.25) is 5.78 Å². The predicted octanol–water partition coefficient (Wildman–Crippen LogP) is -0.257. The molecule has 0 aliphatic rings. The first-order valence-corrected chi connectivity index (χ1v) is 5.05. The maximum Gasteiger partial charge on any atom is 0.320 e. The van der Waals surface area contributed by atoms with E-state index in [1.54, 1.807) is 0 Å². The molecule has 0 aromatic heterocycles. The van der Waals surface area contributed by atoms with Crippen LogP contribution in [0.5, 0.6) is 0 Å². The molecule has 0 aliphatic heterocycles. The van der Waals surface area contributed by atoms with Gasteiger partial charge in [0.15, 0.2) is 5.78 Å². The molecule has 6 nitrogen and oxygen atoms in total. The van der Waals surface area contributed by atoms with E-state index in [1.807, 2.05) is 0 Å². The average molecular weight is 231 g/mol. The third-order valence-corrected chi connectivity index (χ3v) is 2.00. The fraction of sp³-hybridized carbons (Fsp3) is 0.700. The molecule has 0 radical (unpaired) electrons. The molecule has 0 spiro atoms. The van der Waals surface area contributed by atoms with Crippen molar-refractivity contribution in [2.45, 2.75) is 32.2 Å². The first-order chi connectivity index (χ1) is 7.45. The van der Waals surface area contributed by atoms with Crippen LogP contribution in [0.1, 0.15) is 26.2 Å². The largest absolute Gasteiger partial charge is 0.480 e. The zero-order valence-electron chi connectivity index (χ0n) is 9.27. The van der Waals surface area contributed by atoms with Gasteiger partial charge in [-0.3, -0.25) is 14.4 Å². The SMILES string of the molecule is CC(=O)C(=O)COCCCCC(N)C(=O)O. The Kier molecular flexibility index (Phi) is 7.32. The number of Topliss-reactive ketones (excluding diaryl/α,β-unsaturated/α-hetero) is 2. The third kappa shape index (κ3) is 7.08. The Morgan fingerprint density at radius 1 is 1.31 bits per heavy atom. The lowest BCUT2D eigenvalue weighted by Crippen LogP contribution is -2.29. The summed E-state index contributed by atoms with van der Waals surface area (Å²) in [7, 11) is 0. The molecule has 0 saturated heterocycles. The number of hydrogen-bond acceptors (Lipinski definition) is 5. The fourth-order valence-electron chi connectivity index (χ4n) is 0.958. The van der Waals surface area contributed by atoms with E-state index >= 15 is 0 Å². The van der Waals surface area contributed by atoms with Crippen molar-refractivity contribution in [3.8, 4) is 0 Å². The molecule has 0 aliphatic carbocycles. The van der Waals surface area contributed by atoms with Gasteiger partial charge in [-0.15, -0.1) is 0 Å². The number of rotatable bonds is 9. The molecule has 0 aromatic rings. The Labute approximate surface area is 93.8 Å².